The third kappa shape index (κ3) is 2030. The van der Waals surface area contributed by atoms with Crippen molar-refractivity contribution in [3.8, 4) is 0 Å². The lowest BCUT2D eigenvalue weighted by Gasteiger charge is -2.04. The Labute approximate surface area is 75.4 Å². The maximum Gasteiger partial charge on any atom is 0.116 e. The molecule has 0 amide bonds. The lowest BCUT2D eigenvalue weighted by molar-refractivity contribution is -0.106. The molecule has 0 fully saturated rings. The second-order valence-corrected chi connectivity index (χ2v) is 3.13. The zero-order valence-corrected chi connectivity index (χ0v) is 8.79. The Kier molecular flexibility index (Phi) is 19.4. The van der Waals surface area contributed by atoms with Crippen molar-refractivity contribution in [3.05, 3.63) is 0 Å². The zero-order chi connectivity index (χ0) is 10.6. The van der Waals surface area contributed by atoms with Gasteiger partial charge in [0.25, 0.3) is 0 Å². The van der Waals surface area contributed by atoms with Crippen LogP contribution in [0.1, 0.15) is 41.0 Å². The van der Waals surface area contributed by atoms with Gasteiger partial charge in [-0.3, -0.25) is 0 Å². The van der Waals surface area contributed by atoms with E-state index in [-0.39, 0.29) is 0 Å². The summed E-state index contributed by atoms with van der Waals surface area (Å²) in [6.07, 6.45) is 1.62. The van der Waals surface area contributed by atoms with Crippen molar-refractivity contribution in [1.82, 2.24) is 0 Å². The number of aliphatic hydroxyl groups excluding tert-OH is 1. The number of aldehydes is 1. The summed E-state index contributed by atoms with van der Waals surface area (Å²) in [7, 11) is 0. The lowest BCUT2D eigenvalue weighted by atomic mass is 10.2. The number of aliphatic hydroxyl groups is 2. The second-order valence-electron chi connectivity index (χ2n) is 3.13. The van der Waals surface area contributed by atoms with E-state index in [2.05, 4.69) is 0 Å². The molecule has 0 aromatic carbocycles. The normalized spacial score (nSPS) is 8.58. The quantitative estimate of drug-likeness (QED) is 0.596. The summed E-state index contributed by atoms with van der Waals surface area (Å²) in [6.45, 7) is 8.92. The molecule has 0 heterocycles. The maximum atomic E-state index is 8.81. The topological polar surface area (TPSA) is 57.5 Å². The summed E-state index contributed by atoms with van der Waals surface area (Å²) in [5.74, 6) is 0. The van der Waals surface area contributed by atoms with Crippen LogP contribution in [0, 0.1) is 0 Å². The highest BCUT2D eigenvalue weighted by atomic mass is 16.3. The smallest absolute Gasteiger partial charge is 0.116 e. The minimum atomic E-state index is -0.500. The molecule has 0 bridgehead atoms. The summed E-state index contributed by atoms with van der Waals surface area (Å²) >= 11 is 0. The standard InChI is InChI=1S/C4H10O.C3H8O.C2H4O/c1-4(2,3)5;1-2-3-4;1-2-3/h5H,1-3H3;4H,2-3H2,1H3;2H,1H3. The molecule has 0 saturated heterocycles. The molecule has 0 atom stereocenters. The van der Waals surface area contributed by atoms with Crippen molar-refractivity contribution < 1.29 is 15.0 Å². The first kappa shape index (κ1) is 17.6. The second kappa shape index (κ2) is 13.2. The first-order chi connectivity index (χ1) is 5.33. The molecule has 76 valence electrons. The van der Waals surface area contributed by atoms with Crippen LogP contribution in [0.2, 0.25) is 0 Å². The average molecular weight is 178 g/mol. The maximum absolute atomic E-state index is 8.81. The van der Waals surface area contributed by atoms with E-state index in [1.165, 1.54) is 6.92 Å². The van der Waals surface area contributed by atoms with E-state index in [9.17, 15) is 0 Å². The van der Waals surface area contributed by atoms with Gasteiger partial charge in [0.1, 0.15) is 6.29 Å². The van der Waals surface area contributed by atoms with E-state index in [1.807, 2.05) is 6.92 Å². The predicted octanol–water partition coefficient (Wildman–Crippen LogP) is 1.37. The van der Waals surface area contributed by atoms with Crippen LogP contribution in [-0.4, -0.2) is 28.7 Å². The Morgan fingerprint density at radius 1 is 1.33 bits per heavy atom. The monoisotopic (exact) mass is 178 g/mol. The third-order valence-electron chi connectivity index (χ3n) is 0.224. The van der Waals surface area contributed by atoms with Crippen LogP contribution in [0.5, 0.6) is 0 Å². The summed E-state index contributed by atoms with van der Waals surface area (Å²) in [4.78, 5) is 8.81. The molecule has 0 rings (SSSR count). The van der Waals surface area contributed by atoms with Crippen molar-refractivity contribution in [1.29, 1.82) is 0 Å². The molecule has 12 heavy (non-hydrogen) atoms. The van der Waals surface area contributed by atoms with Crippen molar-refractivity contribution >= 4 is 6.29 Å². The van der Waals surface area contributed by atoms with Crippen LogP contribution < -0.4 is 0 Å². The van der Waals surface area contributed by atoms with Gasteiger partial charge in [-0.25, -0.2) is 0 Å². The number of hydrogen-bond acceptors (Lipinski definition) is 3. The number of hydrogen-bond donors (Lipinski definition) is 2. The first-order valence-corrected chi connectivity index (χ1v) is 4.06. The van der Waals surface area contributed by atoms with Gasteiger partial charge >= 0.3 is 0 Å². The molecule has 0 unspecified atom stereocenters. The summed E-state index contributed by atoms with van der Waals surface area (Å²) in [6, 6.07) is 0. The van der Waals surface area contributed by atoms with Crippen LogP contribution in [0.3, 0.4) is 0 Å². The van der Waals surface area contributed by atoms with Gasteiger partial charge in [0.15, 0.2) is 0 Å². The van der Waals surface area contributed by atoms with E-state index < -0.39 is 5.60 Å². The molecule has 0 spiro atoms. The van der Waals surface area contributed by atoms with E-state index in [1.54, 1.807) is 20.8 Å². The summed E-state index contributed by atoms with van der Waals surface area (Å²) in [5, 5.41) is 16.4. The fourth-order valence-electron chi connectivity index (χ4n) is 0. The van der Waals surface area contributed by atoms with Crippen molar-refractivity contribution in [2.45, 2.75) is 46.6 Å². The van der Waals surface area contributed by atoms with Gasteiger partial charge < -0.3 is 15.0 Å². The molecule has 0 saturated carbocycles. The number of carbonyl (C=O) groups is 1. The van der Waals surface area contributed by atoms with Gasteiger partial charge in [-0.1, -0.05) is 6.92 Å². The van der Waals surface area contributed by atoms with E-state index in [0.717, 1.165) is 12.7 Å². The largest absolute Gasteiger partial charge is 0.396 e. The average Bonchev–Trinajstić information content (AvgIpc) is 1.85. The highest BCUT2D eigenvalue weighted by Crippen LogP contribution is 1.93. The van der Waals surface area contributed by atoms with Crippen molar-refractivity contribution in [3.63, 3.8) is 0 Å². The number of carbonyl (C=O) groups excluding carboxylic acids is 1. The van der Waals surface area contributed by atoms with E-state index in [4.69, 9.17) is 15.0 Å². The fraction of sp³-hybridized carbons (Fsp3) is 0.889. The number of rotatable bonds is 1. The molecule has 0 aromatic heterocycles. The van der Waals surface area contributed by atoms with E-state index in [0.29, 0.717) is 6.61 Å². The first-order valence-electron chi connectivity index (χ1n) is 4.06. The van der Waals surface area contributed by atoms with Crippen LogP contribution >= 0.6 is 0 Å². The van der Waals surface area contributed by atoms with Crippen molar-refractivity contribution in [2.75, 3.05) is 6.61 Å². The fourth-order valence-corrected chi connectivity index (χ4v) is 0. The molecule has 3 nitrogen and oxygen atoms in total. The molecule has 2 N–H and O–H groups in total. The molecule has 0 aromatic rings. The zero-order valence-electron chi connectivity index (χ0n) is 8.79. The van der Waals surface area contributed by atoms with Crippen LogP contribution in [0.4, 0.5) is 0 Å². The van der Waals surface area contributed by atoms with Crippen LogP contribution in [0.25, 0.3) is 0 Å². The molecular formula is C9H22O3. The Bertz CT molecular complexity index is 66.3. The van der Waals surface area contributed by atoms with E-state index >= 15 is 0 Å². The minimum Gasteiger partial charge on any atom is -0.396 e. The van der Waals surface area contributed by atoms with Crippen molar-refractivity contribution in [2.24, 2.45) is 0 Å². The van der Waals surface area contributed by atoms with Gasteiger partial charge in [0, 0.05) is 6.61 Å². The molecule has 0 aliphatic carbocycles. The van der Waals surface area contributed by atoms with Gasteiger partial charge in [0.05, 0.1) is 5.60 Å². The van der Waals surface area contributed by atoms with Gasteiger partial charge in [-0.15, -0.1) is 0 Å². The Balaban J connectivity index is -0.000000105. The van der Waals surface area contributed by atoms with Gasteiger partial charge in [0.2, 0.25) is 0 Å². The molecule has 0 radical (unpaired) electrons. The molecule has 0 aliphatic rings. The van der Waals surface area contributed by atoms with Gasteiger partial charge in [-0.2, -0.15) is 0 Å². The Hall–Kier alpha value is -0.410. The minimum absolute atomic E-state index is 0.319. The summed E-state index contributed by atoms with van der Waals surface area (Å²) in [5.41, 5.74) is -0.500. The Morgan fingerprint density at radius 2 is 1.42 bits per heavy atom. The van der Waals surface area contributed by atoms with Crippen LogP contribution in [-0.2, 0) is 4.79 Å². The molecule has 3 heteroatoms. The molecule has 0 aliphatic heterocycles. The predicted molar refractivity (Wildman–Crippen MR) is 51.1 cm³/mol. The lowest BCUT2D eigenvalue weighted by Crippen LogP contribution is -2.10. The highest BCUT2D eigenvalue weighted by molar-refractivity contribution is 5.44. The highest BCUT2D eigenvalue weighted by Gasteiger charge is 1.97. The SMILES string of the molecule is CC(C)(C)O.CC=O.CCCO. The molecular weight excluding hydrogens is 156 g/mol. The Morgan fingerprint density at radius 3 is 1.42 bits per heavy atom. The van der Waals surface area contributed by atoms with Crippen LogP contribution in [0.15, 0.2) is 0 Å². The summed E-state index contributed by atoms with van der Waals surface area (Å²) < 4.78 is 0. The third-order valence-corrected chi connectivity index (χ3v) is 0.224. The van der Waals surface area contributed by atoms with Gasteiger partial charge in [-0.05, 0) is 34.1 Å².